The first-order valence-electron chi connectivity index (χ1n) is 22.0. The first-order chi connectivity index (χ1) is 30.0. The zero-order valence-electron chi connectivity index (χ0n) is 36.6. The van der Waals surface area contributed by atoms with Crippen LogP contribution >= 0.6 is 0 Å². The number of ether oxygens (including phenoxy) is 3. The van der Waals surface area contributed by atoms with Crippen molar-refractivity contribution in [3.63, 3.8) is 0 Å². The summed E-state index contributed by atoms with van der Waals surface area (Å²) in [5, 5.41) is 37.2. The summed E-state index contributed by atoms with van der Waals surface area (Å²) in [5.74, 6) is -1.59. The summed E-state index contributed by atoms with van der Waals surface area (Å²) in [6.07, 6.45) is 8.66. The SMILES string of the molecule is C=CCO[C@@]12Oc3ccc(OC(=O)NCc4ccccc4)cc3[C@H]3[C@H](CCCCO)[C@@H](CCCCO)C=C(C(=NOC(C)(C)C)C[C@@H]1N(CCC)C(=O)c1ccc(C#N)cc1)[C@H]32. The zero-order valence-corrected chi connectivity index (χ0v) is 36.6. The molecule has 62 heavy (non-hydrogen) atoms. The van der Waals surface area contributed by atoms with Gasteiger partial charge in [-0.1, -0.05) is 67.4 Å². The molecule has 6 atom stereocenters. The van der Waals surface area contributed by atoms with Gasteiger partial charge >= 0.3 is 6.09 Å². The number of aliphatic hydroxyl groups is 2. The third-order valence-electron chi connectivity index (χ3n) is 11.9. The van der Waals surface area contributed by atoms with Crippen LogP contribution in [-0.4, -0.2) is 76.6 Å². The number of oxime groups is 1. The highest BCUT2D eigenvalue weighted by Gasteiger charge is 2.65. The van der Waals surface area contributed by atoms with Crippen molar-refractivity contribution >= 4 is 17.7 Å². The lowest BCUT2D eigenvalue weighted by atomic mass is 9.55. The molecular formula is C50H62N4O8. The Kier molecular flexibility index (Phi) is 15.6. The second kappa shape index (κ2) is 21.1. The highest BCUT2D eigenvalue weighted by molar-refractivity contribution is 6.03. The van der Waals surface area contributed by atoms with E-state index in [1.54, 1.807) is 36.4 Å². The molecule has 2 amide bonds. The summed E-state index contributed by atoms with van der Waals surface area (Å²) in [4.78, 5) is 36.2. The van der Waals surface area contributed by atoms with E-state index in [1.165, 1.54) is 0 Å². The van der Waals surface area contributed by atoms with Gasteiger partial charge in [0.1, 0.15) is 23.1 Å². The molecule has 0 bridgehead atoms. The number of hydrogen-bond acceptors (Lipinski definition) is 10. The topological polar surface area (TPSA) is 163 Å². The molecule has 1 heterocycles. The Morgan fingerprint density at radius 3 is 2.42 bits per heavy atom. The average Bonchev–Trinajstić information content (AvgIpc) is 3.27. The van der Waals surface area contributed by atoms with Crippen LogP contribution in [0.2, 0.25) is 0 Å². The number of nitriles is 1. The van der Waals surface area contributed by atoms with Crippen LogP contribution in [0, 0.1) is 29.1 Å². The molecule has 0 radical (unpaired) electrons. The lowest BCUT2D eigenvalue weighted by Gasteiger charge is -2.60. The first kappa shape index (κ1) is 46.0. The molecule has 1 saturated carbocycles. The molecule has 2 aliphatic carbocycles. The normalized spacial score (nSPS) is 23.1. The maximum atomic E-state index is 14.9. The summed E-state index contributed by atoms with van der Waals surface area (Å²) in [6, 6.07) is 23.1. The molecule has 3 aromatic carbocycles. The molecule has 6 rings (SSSR count). The van der Waals surface area contributed by atoms with E-state index in [0.717, 1.165) is 42.4 Å². The van der Waals surface area contributed by atoms with Crippen molar-refractivity contribution in [1.82, 2.24) is 10.2 Å². The molecule has 0 unspecified atom stereocenters. The van der Waals surface area contributed by atoms with E-state index in [2.05, 4.69) is 24.0 Å². The number of benzene rings is 3. The van der Waals surface area contributed by atoms with Gasteiger partial charge in [-0.15, -0.1) is 6.58 Å². The Balaban J connectivity index is 1.55. The number of aliphatic hydroxyl groups excluding tert-OH is 2. The predicted octanol–water partition coefficient (Wildman–Crippen LogP) is 8.83. The van der Waals surface area contributed by atoms with Crippen molar-refractivity contribution in [2.75, 3.05) is 26.4 Å². The number of hydrogen-bond donors (Lipinski definition) is 3. The summed E-state index contributed by atoms with van der Waals surface area (Å²) in [6.45, 7) is 12.8. The molecule has 0 aromatic heterocycles. The van der Waals surface area contributed by atoms with Crippen LogP contribution in [0.15, 0.2) is 102 Å². The number of nitrogens with one attached hydrogen (secondary N) is 1. The van der Waals surface area contributed by atoms with E-state index in [1.807, 2.05) is 75.1 Å². The first-order valence-corrected chi connectivity index (χ1v) is 22.0. The number of unbranched alkanes of at least 4 members (excludes halogenated alkanes) is 2. The van der Waals surface area contributed by atoms with Crippen molar-refractivity contribution in [3.8, 4) is 17.6 Å². The van der Waals surface area contributed by atoms with Gasteiger partial charge in [-0.3, -0.25) is 4.79 Å². The second-order valence-corrected chi connectivity index (χ2v) is 17.4. The largest absolute Gasteiger partial charge is 0.459 e. The average molecular weight is 847 g/mol. The third kappa shape index (κ3) is 10.6. The Morgan fingerprint density at radius 1 is 1.03 bits per heavy atom. The van der Waals surface area contributed by atoms with Crippen molar-refractivity contribution < 1.29 is 38.9 Å². The minimum Gasteiger partial charge on any atom is -0.459 e. The van der Waals surface area contributed by atoms with E-state index < -0.39 is 29.4 Å². The fourth-order valence-electron chi connectivity index (χ4n) is 9.31. The number of rotatable bonds is 19. The molecule has 0 spiro atoms. The van der Waals surface area contributed by atoms with Crippen molar-refractivity contribution in [3.05, 3.63) is 119 Å². The van der Waals surface area contributed by atoms with Gasteiger partial charge in [-0.2, -0.15) is 5.26 Å². The molecule has 1 fully saturated rings. The highest BCUT2D eigenvalue weighted by Crippen LogP contribution is 2.62. The highest BCUT2D eigenvalue weighted by atomic mass is 16.7. The Morgan fingerprint density at radius 2 is 1.76 bits per heavy atom. The zero-order chi connectivity index (χ0) is 44.3. The quantitative estimate of drug-likeness (QED) is 0.0608. The van der Waals surface area contributed by atoms with E-state index in [4.69, 9.17) is 24.2 Å². The van der Waals surface area contributed by atoms with Gasteiger partial charge in [0.25, 0.3) is 5.91 Å². The smallest absolute Gasteiger partial charge is 0.412 e. The fourth-order valence-corrected chi connectivity index (χ4v) is 9.31. The summed E-state index contributed by atoms with van der Waals surface area (Å²) < 4.78 is 20.3. The third-order valence-corrected chi connectivity index (χ3v) is 11.9. The second-order valence-electron chi connectivity index (χ2n) is 17.4. The van der Waals surface area contributed by atoms with E-state index in [-0.39, 0.29) is 49.9 Å². The van der Waals surface area contributed by atoms with Crippen molar-refractivity contribution in [2.24, 2.45) is 22.9 Å². The van der Waals surface area contributed by atoms with Crippen LogP contribution in [0.5, 0.6) is 11.5 Å². The van der Waals surface area contributed by atoms with E-state index in [0.29, 0.717) is 60.7 Å². The molecular weight excluding hydrogens is 785 g/mol. The van der Waals surface area contributed by atoms with Gasteiger partial charge < -0.3 is 39.5 Å². The van der Waals surface area contributed by atoms with Crippen LogP contribution in [0.25, 0.3) is 0 Å². The number of allylic oxidation sites excluding steroid dienone is 1. The van der Waals surface area contributed by atoms with Crippen LogP contribution in [0.1, 0.15) is 112 Å². The van der Waals surface area contributed by atoms with Crippen LogP contribution in [-0.2, 0) is 16.1 Å². The standard InChI is InChI=1S/C50H62N4O8/c1-6-25-54(47(57)36-21-19-34(32-51)20-22-36)44-31-42(53-62-49(3,4)5)40-29-37(17-11-13-26-55)39(18-12-14-27-56)45-41-30-38(60-48(58)52-33-35-15-9-8-10-16-35)23-24-43(41)61-50(44,46(40)45)59-28-7-2/h7-10,15-16,19-24,29-30,37,39,44-46,55-56H,2,6,11-14,17-18,25-28,31,33H2,1,3-5H3,(H,52,58)/t37-,39+,44-,45+,46+,50+/m0/s1. The Labute approximate surface area is 366 Å². The minimum atomic E-state index is -1.45. The molecule has 330 valence electrons. The monoisotopic (exact) mass is 846 g/mol. The fraction of sp³-hybridized carbons (Fsp3) is 0.480. The molecule has 12 heteroatoms. The van der Waals surface area contributed by atoms with Crippen LogP contribution < -0.4 is 14.8 Å². The number of fused-ring (bicyclic) bond motifs is 2. The lowest BCUT2D eigenvalue weighted by Crippen LogP contribution is -2.70. The predicted molar refractivity (Wildman–Crippen MR) is 238 cm³/mol. The number of carbonyl (C=O) groups is 2. The van der Waals surface area contributed by atoms with E-state index >= 15 is 0 Å². The molecule has 3 aliphatic rings. The number of amides is 2. The van der Waals surface area contributed by atoms with Gasteiger partial charge in [-0.25, -0.2) is 4.79 Å². The van der Waals surface area contributed by atoms with Gasteiger partial charge in [0.05, 0.1) is 29.9 Å². The van der Waals surface area contributed by atoms with Crippen molar-refractivity contribution in [1.29, 1.82) is 5.26 Å². The summed E-state index contributed by atoms with van der Waals surface area (Å²) >= 11 is 0. The van der Waals surface area contributed by atoms with Gasteiger partial charge in [0.2, 0.25) is 5.79 Å². The van der Waals surface area contributed by atoms with E-state index in [9.17, 15) is 25.1 Å². The maximum absolute atomic E-state index is 14.9. The van der Waals surface area contributed by atoms with Crippen molar-refractivity contribution in [2.45, 2.75) is 109 Å². The maximum Gasteiger partial charge on any atom is 0.412 e. The summed E-state index contributed by atoms with van der Waals surface area (Å²) in [5.41, 5.74) is 3.63. The molecule has 3 N–H and O–H groups in total. The van der Waals surface area contributed by atoms with Gasteiger partial charge in [0, 0.05) is 49.8 Å². The van der Waals surface area contributed by atoms with Gasteiger partial charge in [-0.05, 0) is 118 Å². The van der Waals surface area contributed by atoms with Crippen LogP contribution in [0.4, 0.5) is 4.79 Å². The van der Waals surface area contributed by atoms with Gasteiger partial charge in [0.15, 0.2) is 0 Å². The Bertz CT molecular complexity index is 2110. The lowest BCUT2D eigenvalue weighted by molar-refractivity contribution is -0.254. The molecule has 12 nitrogen and oxygen atoms in total. The molecule has 0 saturated heterocycles. The van der Waals surface area contributed by atoms with Crippen LogP contribution in [0.3, 0.4) is 0 Å². The molecule has 1 aliphatic heterocycles. The molecule has 3 aromatic rings. The minimum absolute atomic E-state index is 0.0112. The Hall–Kier alpha value is -5.48. The number of nitrogens with zero attached hydrogens (tertiary/aromatic N) is 3. The summed E-state index contributed by atoms with van der Waals surface area (Å²) in [7, 11) is 0. The number of carbonyl (C=O) groups excluding carboxylic acids is 2.